The average molecular weight is 391 g/mol. The Labute approximate surface area is 162 Å². The number of para-hydroxylation sites is 1. The number of carbonyl (C=O) groups is 4. The molecular weight excluding hydrogens is 366 g/mol. The summed E-state index contributed by atoms with van der Waals surface area (Å²) in [5.41, 5.74) is 2.05. The average Bonchev–Trinajstić information content (AvgIpc) is 2.90. The molecule has 0 spiro atoms. The monoisotopic (exact) mass is 391 g/mol. The lowest BCUT2D eigenvalue weighted by atomic mass is 10.00. The van der Waals surface area contributed by atoms with Crippen LogP contribution in [0.3, 0.4) is 0 Å². The van der Waals surface area contributed by atoms with E-state index in [0.29, 0.717) is 35.8 Å². The number of hydrazine groups is 1. The molecule has 152 valence electrons. The Morgan fingerprint density at radius 2 is 1.96 bits per heavy atom. The molecule has 1 aliphatic rings. The van der Waals surface area contributed by atoms with Gasteiger partial charge >= 0.3 is 6.03 Å². The molecule has 1 fully saturated rings. The fourth-order valence-corrected chi connectivity index (χ4v) is 2.56. The summed E-state index contributed by atoms with van der Waals surface area (Å²) in [4.78, 5) is 48.7. The van der Waals surface area contributed by atoms with Crippen molar-refractivity contribution in [2.45, 2.75) is 25.8 Å². The predicted molar refractivity (Wildman–Crippen MR) is 101 cm³/mol. The summed E-state index contributed by atoms with van der Waals surface area (Å²) in [6.07, 6.45) is 0.397. The number of anilines is 1. The van der Waals surface area contributed by atoms with Crippen LogP contribution in [0.5, 0.6) is 0 Å². The number of ether oxygens (including phenoxy) is 1. The van der Waals surface area contributed by atoms with Gasteiger partial charge in [0, 0.05) is 19.3 Å². The van der Waals surface area contributed by atoms with E-state index < -0.39 is 23.4 Å². The van der Waals surface area contributed by atoms with Crippen molar-refractivity contribution in [1.82, 2.24) is 21.1 Å². The highest BCUT2D eigenvalue weighted by atomic mass is 16.5. The van der Waals surface area contributed by atoms with Crippen LogP contribution in [0.1, 0.15) is 30.6 Å². The minimum Gasteiger partial charge on any atom is -0.383 e. The van der Waals surface area contributed by atoms with Gasteiger partial charge in [0.15, 0.2) is 0 Å². The first-order valence-corrected chi connectivity index (χ1v) is 8.88. The number of urea groups is 1. The fourth-order valence-electron chi connectivity index (χ4n) is 2.56. The van der Waals surface area contributed by atoms with Gasteiger partial charge < -0.3 is 20.7 Å². The largest absolute Gasteiger partial charge is 0.383 e. The molecule has 1 aromatic carbocycles. The normalized spacial score (nSPS) is 18.6. The van der Waals surface area contributed by atoms with Crippen LogP contribution >= 0.6 is 0 Å². The molecule has 10 heteroatoms. The summed E-state index contributed by atoms with van der Waals surface area (Å²) in [5, 5.41) is 8.78. The van der Waals surface area contributed by atoms with Gasteiger partial charge in [-0.05, 0) is 25.5 Å². The van der Waals surface area contributed by atoms with Crippen LogP contribution in [-0.4, -0.2) is 61.1 Å². The minimum atomic E-state index is -1.04. The standard InChI is InChI=1S/C18H25N5O5/c1-4-18(2)16(26)23(17(27)21-18)22-14(24)11-20-13-8-6-5-7-12(13)15(25)19-9-10-28-3/h5-8,20H,4,9-11H2,1-3H3,(H,19,25)(H,21,27)(H,22,24). The van der Waals surface area contributed by atoms with Crippen LogP contribution in [0.25, 0.3) is 0 Å². The number of methoxy groups -OCH3 is 1. The first kappa shape index (κ1) is 21.2. The molecule has 2 rings (SSSR count). The summed E-state index contributed by atoms with van der Waals surface area (Å²) >= 11 is 0. The van der Waals surface area contributed by atoms with E-state index in [-0.39, 0.29) is 12.5 Å². The van der Waals surface area contributed by atoms with Gasteiger partial charge in [0.05, 0.1) is 18.7 Å². The molecule has 1 atom stereocenters. The number of nitrogens with zero attached hydrogens (tertiary/aromatic N) is 1. The van der Waals surface area contributed by atoms with Crippen molar-refractivity contribution in [2.75, 3.05) is 32.1 Å². The Kier molecular flexibility index (Phi) is 6.94. The van der Waals surface area contributed by atoms with Crippen molar-refractivity contribution in [3.8, 4) is 0 Å². The molecule has 0 aromatic heterocycles. The van der Waals surface area contributed by atoms with Gasteiger partial charge in [0.25, 0.3) is 17.7 Å². The minimum absolute atomic E-state index is 0.234. The second kappa shape index (κ2) is 9.18. The van der Waals surface area contributed by atoms with Crippen molar-refractivity contribution in [2.24, 2.45) is 0 Å². The number of imide groups is 1. The molecule has 0 bridgehead atoms. The maximum atomic E-state index is 12.3. The number of rotatable bonds is 9. The van der Waals surface area contributed by atoms with E-state index in [1.165, 1.54) is 7.11 Å². The summed E-state index contributed by atoms with van der Waals surface area (Å²) < 4.78 is 4.89. The van der Waals surface area contributed by atoms with Crippen LogP contribution < -0.4 is 21.4 Å². The van der Waals surface area contributed by atoms with Gasteiger partial charge in [-0.25, -0.2) is 4.79 Å². The Morgan fingerprint density at radius 1 is 1.25 bits per heavy atom. The van der Waals surface area contributed by atoms with Crippen molar-refractivity contribution in [3.63, 3.8) is 0 Å². The second-order valence-electron chi connectivity index (χ2n) is 6.44. The lowest BCUT2D eigenvalue weighted by Gasteiger charge is -2.19. The third-order valence-corrected chi connectivity index (χ3v) is 4.41. The molecule has 10 nitrogen and oxygen atoms in total. The van der Waals surface area contributed by atoms with Crippen LogP contribution in [0.15, 0.2) is 24.3 Å². The highest BCUT2D eigenvalue weighted by molar-refractivity contribution is 6.08. The maximum absolute atomic E-state index is 12.3. The molecule has 28 heavy (non-hydrogen) atoms. The van der Waals surface area contributed by atoms with Crippen LogP contribution in [0, 0.1) is 0 Å². The summed E-state index contributed by atoms with van der Waals surface area (Å²) in [6.45, 7) is 3.86. The van der Waals surface area contributed by atoms with Crippen LogP contribution in [-0.2, 0) is 14.3 Å². The Balaban J connectivity index is 1.96. The molecule has 1 heterocycles. The third-order valence-electron chi connectivity index (χ3n) is 4.41. The van der Waals surface area contributed by atoms with E-state index >= 15 is 0 Å². The predicted octanol–water partition coefficient (Wildman–Crippen LogP) is 0.226. The molecule has 1 aromatic rings. The van der Waals surface area contributed by atoms with Gasteiger partial charge in [0.2, 0.25) is 0 Å². The molecule has 1 unspecified atom stereocenters. The van der Waals surface area contributed by atoms with Crippen molar-refractivity contribution < 1.29 is 23.9 Å². The molecule has 1 saturated heterocycles. The molecule has 4 N–H and O–H groups in total. The fraction of sp³-hybridized carbons (Fsp3) is 0.444. The van der Waals surface area contributed by atoms with E-state index in [1.807, 2.05) is 0 Å². The summed E-state index contributed by atoms with van der Waals surface area (Å²) in [7, 11) is 1.54. The van der Waals surface area contributed by atoms with Crippen molar-refractivity contribution >= 4 is 29.4 Å². The lowest BCUT2D eigenvalue weighted by molar-refractivity contribution is -0.138. The molecule has 0 saturated carbocycles. The number of hydrogen-bond acceptors (Lipinski definition) is 6. The highest BCUT2D eigenvalue weighted by Crippen LogP contribution is 2.19. The second-order valence-corrected chi connectivity index (χ2v) is 6.44. The van der Waals surface area contributed by atoms with E-state index in [4.69, 9.17) is 4.74 Å². The van der Waals surface area contributed by atoms with Crippen LogP contribution in [0.2, 0.25) is 0 Å². The smallest absolute Gasteiger partial charge is 0.344 e. The van der Waals surface area contributed by atoms with Gasteiger partial charge in [-0.2, -0.15) is 5.01 Å². The first-order chi connectivity index (χ1) is 13.3. The number of amides is 5. The Bertz CT molecular complexity index is 768. The number of nitrogens with one attached hydrogen (secondary N) is 4. The van der Waals surface area contributed by atoms with Gasteiger partial charge in [-0.15, -0.1) is 0 Å². The van der Waals surface area contributed by atoms with E-state index in [9.17, 15) is 19.2 Å². The van der Waals surface area contributed by atoms with Crippen LogP contribution in [0.4, 0.5) is 10.5 Å². The van der Waals surface area contributed by atoms with Gasteiger partial charge in [0.1, 0.15) is 5.54 Å². The molecule has 5 amide bonds. The Morgan fingerprint density at radius 3 is 2.61 bits per heavy atom. The maximum Gasteiger partial charge on any atom is 0.344 e. The topological polar surface area (TPSA) is 129 Å². The summed E-state index contributed by atoms with van der Waals surface area (Å²) in [6, 6.07) is 6.01. The van der Waals surface area contributed by atoms with E-state index in [2.05, 4.69) is 21.4 Å². The third kappa shape index (κ3) is 4.77. The quantitative estimate of drug-likeness (QED) is 0.352. The highest BCUT2D eigenvalue weighted by Gasteiger charge is 2.47. The lowest BCUT2D eigenvalue weighted by Crippen LogP contribution is -2.50. The number of hydrogen-bond donors (Lipinski definition) is 4. The zero-order valence-corrected chi connectivity index (χ0v) is 16.1. The molecule has 0 radical (unpaired) electrons. The summed E-state index contributed by atoms with van der Waals surface area (Å²) in [5.74, 6) is -1.43. The van der Waals surface area contributed by atoms with Crippen molar-refractivity contribution in [3.05, 3.63) is 29.8 Å². The van der Waals surface area contributed by atoms with Gasteiger partial charge in [-0.3, -0.25) is 19.8 Å². The first-order valence-electron chi connectivity index (χ1n) is 8.88. The zero-order chi connectivity index (χ0) is 20.7. The zero-order valence-electron chi connectivity index (χ0n) is 16.1. The SMILES string of the molecule is CCC1(C)NC(=O)N(NC(=O)CNc2ccccc2C(=O)NCCOC)C1=O. The van der Waals surface area contributed by atoms with E-state index in [0.717, 1.165) is 0 Å². The van der Waals surface area contributed by atoms with E-state index in [1.54, 1.807) is 38.1 Å². The Hall–Kier alpha value is -3.14. The van der Waals surface area contributed by atoms with Crippen molar-refractivity contribution in [1.29, 1.82) is 0 Å². The number of benzene rings is 1. The van der Waals surface area contributed by atoms with Gasteiger partial charge in [-0.1, -0.05) is 19.1 Å². The molecular formula is C18H25N5O5. The molecule has 1 aliphatic heterocycles. The number of carbonyl (C=O) groups excluding carboxylic acids is 4. The molecule has 0 aliphatic carbocycles.